The lowest BCUT2D eigenvalue weighted by atomic mass is 10.2. The van der Waals surface area contributed by atoms with Crippen LogP contribution in [0.1, 0.15) is 12.5 Å². The number of nitrogens with two attached hydrogens (primary N) is 1. The molecule has 0 saturated heterocycles. The molecule has 0 aliphatic heterocycles. The van der Waals surface area contributed by atoms with Crippen molar-refractivity contribution in [2.24, 2.45) is 10.9 Å². The van der Waals surface area contributed by atoms with Gasteiger partial charge in [-0.3, -0.25) is 10.1 Å². The van der Waals surface area contributed by atoms with Gasteiger partial charge in [-0.25, -0.2) is 4.79 Å². The van der Waals surface area contributed by atoms with Crippen molar-refractivity contribution in [1.29, 1.82) is 0 Å². The number of nitrogens with zero attached hydrogens (tertiary/aromatic N) is 2. The Balaban J connectivity index is 2.03. The van der Waals surface area contributed by atoms with Crippen LogP contribution >= 0.6 is 23.2 Å². The molecule has 2 aromatic rings. The van der Waals surface area contributed by atoms with Gasteiger partial charge in [-0.1, -0.05) is 40.5 Å². The van der Waals surface area contributed by atoms with Crippen molar-refractivity contribution in [3.8, 4) is 5.75 Å². The summed E-state index contributed by atoms with van der Waals surface area (Å²) < 4.78 is 5.39. The molecule has 1 unspecified atom stereocenters. The Hall–Kier alpha value is -2.84. The van der Waals surface area contributed by atoms with Crippen molar-refractivity contribution < 1.29 is 19.3 Å². The molecule has 0 heterocycles. The Bertz CT molecular complexity index is 873. The molecule has 136 valence electrons. The van der Waals surface area contributed by atoms with Gasteiger partial charge in [0.05, 0.1) is 9.95 Å². The first-order chi connectivity index (χ1) is 12.3. The highest BCUT2D eigenvalue weighted by molar-refractivity contribution is 6.35. The van der Waals surface area contributed by atoms with Gasteiger partial charge < -0.3 is 15.3 Å². The molecule has 2 aromatic carbocycles. The molecule has 8 nitrogen and oxygen atoms in total. The van der Waals surface area contributed by atoms with Crippen molar-refractivity contribution >= 4 is 40.7 Å². The van der Waals surface area contributed by atoms with Crippen LogP contribution < -0.4 is 10.5 Å². The Morgan fingerprint density at radius 1 is 1.27 bits per heavy atom. The molecule has 2 N–H and O–H groups in total. The third-order valence-corrected chi connectivity index (χ3v) is 3.65. The number of nitro benzene ring substituents is 1. The van der Waals surface area contributed by atoms with E-state index in [1.807, 2.05) is 0 Å². The largest absolute Gasteiger partial charge is 0.477 e. The number of non-ortho nitro benzene ring substituents is 1. The second kappa shape index (κ2) is 8.50. The second-order valence-electron chi connectivity index (χ2n) is 5.03. The van der Waals surface area contributed by atoms with E-state index >= 15 is 0 Å². The molecule has 0 radical (unpaired) electrons. The molecule has 0 aliphatic rings. The van der Waals surface area contributed by atoms with E-state index in [0.29, 0.717) is 5.02 Å². The van der Waals surface area contributed by atoms with Gasteiger partial charge in [-0.05, 0) is 25.1 Å². The number of amidine groups is 1. The number of ether oxygens (including phenoxy) is 1. The van der Waals surface area contributed by atoms with Crippen molar-refractivity contribution in [3.05, 3.63) is 68.2 Å². The lowest BCUT2D eigenvalue weighted by molar-refractivity contribution is -0.384. The first-order valence-corrected chi connectivity index (χ1v) is 7.94. The Kier molecular flexibility index (Phi) is 6.37. The van der Waals surface area contributed by atoms with Crippen LogP contribution in [0.5, 0.6) is 5.75 Å². The lowest BCUT2D eigenvalue weighted by Gasteiger charge is -2.13. The number of benzene rings is 2. The van der Waals surface area contributed by atoms with Crippen molar-refractivity contribution in [2.75, 3.05) is 0 Å². The summed E-state index contributed by atoms with van der Waals surface area (Å²) in [5.74, 6) is -0.778. The van der Waals surface area contributed by atoms with E-state index in [9.17, 15) is 14.9 Å². The van der Waals surface area contributed by atoms with Crippen LogP contribution in [-0.4, -0.2) is 22.8 Å². The normalized spacial score (nSPS) is 12.3. The molecule has 2 rings (SSSR count). The van der Waals surface area contributed by atoms with Crippen LogP contribution in [0.3, 0.4) is 0 Å². The van der Waals surface area contributed by atoms with Crippen LogP contribution in [0.15, 0.2) is 47.6 Å². The summed E-state index contributed by atoms with van der Waals surface area (Å²) in [7, 11) is 0. The molecule has 0 bridgehead atoms. The van der Waals surface area contributed by atoms with Gasteiger partial charge in [0.1, 0.15) is 5.75 Å². The highest BCUT2D eigenvalue weighted by Gasteiger charge is 2.19. The van der Waals surface area contributed by atoms with E-state index in [2.05, 4.69) is 5.16 Å². The summed E-state index contributed by atoms with van der Waals surface area (Å²) >= 11 is 11.7. The van der Waals surface area contributed by atoms with Crippen LogP contribution in [0.25, 0.3) is 0 Å². The van der Waals surface area contributed by atoms with Gasteiger partial charge in [0, 0.05) is 22.7 Å². The molecule has 10 heteroatoms. The molecule has 0 amide bonds. The molecule has 0 spiro atoms. The first-order valence-electron chi connectivity index (χ1n) is 7.19. The quantitative estimate of drug-likeness (QED) is 0.262. The minimum absolute atomic E-state index is 0.166. The number of hydrogen-bond acceptors (Lipinski definition) is 6. The van der Waals surface area contributed by atoms with Crippen LogP contribution in [-0.2, 0) is 9.63 Å². The summed E-state index contributed by atoms with van der Waals surface area (Å²) in [4.78, 5) is 26.8. The van der Waals surface area contributed by atoms with Gasteiger partial charge in [0.2, 0.25) is 0 Å². The Labute approximate surface area is 158 Å². The molecular weight excluding hydrogens is 385 g/mol. The molecule has 0 saturated carbocycles. The van der Waals surface area contributed by atoms with Gasteiger partial charge >= 0.3 is 5.97 Å². The van der Waals surface area contributed by atoms with E-state index in [0.717, 1.165) is 0 Å². The SMILES string of the molecule is CC(Oc1ccc(Cl)cc1Cl)C(=O)O/N=C(\N)c1cccc([N+](=O)[O-])c1. The number of carbonyl (C=O) groups excluding carboxylic acids is 1. The lowest BCUT2D eigenvalue weighted by Crippen LogP contribution is -2.26. The smallest absolute Gasteiger partial charge is 0.374 e. The van der Waals surface area contributed by atoms with Crippen molar-refractivity contribution in [2.45, 2.75) is 13.0 Å². The highest BCUT2D eigenvalue weighted by atomic mass is 35.5. The fourth-order valence-corrected chi connectivity index (χ4v) is 2.26. The van der Waals surface area contributed by atoms with Gasteiger partial charge in [0.15, 0.2) is 11.9 Å². The minimum Gasteiger partial charge on any atom is -0.477 e. The summed E-state index contributed by atoms with van der Waals surface area (Å²) in [5, 5.41) is 14.9. The van der Waals surface area contributed by atoms with Crippen LogP contribution in [0.2, 0.25) is 10.0 Å². The minimum atomic E-state index is -1.03. The topological polar surface area (TPSA) is 117 Å². The summed E-state index contributed by atoms with van der Waals surface area (Å²) in [6.45, 7) is 1.44. The number of rotatable bonds is 6. The molecule has 0 fully saturated rings. The summed E-state index contributed by atoms with van der Waals surface area (Å²) in [6, 6.07) is 9.97. The second-order valence-corrected chi connectivity index (χ2v) is 5.87. The fraction of sp³-hybridized carbons (Fsp3) is 0.125. The first kappa shape index (κ1) is 19.5. The molecule has 26 heavy (non-hydrogen) atoms. The van der Waals surface area contributed by atoms with E-state index in [1.54, 1.807) is 6.07 Å². The average molecular weight is 398 g/mol. The Morgan fingerprint density at radius 3 is 2.65 bits per heavy atom. The standard InChI is InChI=1S/C16H13Cl2N3O5/c1-9(25-14-6-5-11(17)8-13(14)18)16(22)26-20-15(19)10-3-2-4-12(7-10)21(23)24/h2-9H,1H3,(H2,19,20). The van der Waals surface area contributed by atoms with Crippen molar-refractivity contribution in [1.82, 2.24) is 0 Å². The zero-order valence-electron chi connectivity index (χ0n) is 13.4. The zero-order chi connectivity index (χ0) is 19.3. The monoisotopic (exact) mass is 397 g/mol. The van der Waals surface area contributed by atoms with Crippen LogP contribution in [0.4, 0.5) is 5.69 Å². The predicted molar refractivity (Wildman–Crippen MR) is 96.5 cm³/mol. The van der Waals surface area contributed by atoms with E-state index in [-0.39, 0.29) is 27.9 Å². The van der Waals surface area contributed by atoms with E-state index in [1.165, 1.54) is 43.3 Å². The maximum absolute atomic E-state index is 11.9. The predicted octanol–water partition coefficient (Wildman–Crippen LogP) is 3.53. The number of hydrogen-bond donors (Lipinski definition) is 1. The van der Waals surface area contributed by atoms with E-state index < -0.39 is 17.0 Å². The molecule has 0 aliphatic carbocycles. The number of carbonyl (C=O) groups is 1. The molecule has 0 aromatic heterocycles. The number of nitro groups is 1. The van der Waals surface area contributed by atoms with Gasteiger partial charge in [0.25, 0.3) is 5.69 Å². The molecule has 1 atom stereocenters. The summed E-state index contributed by atoms with van der Waals surface area (Å²) in [6.07, 6.45) is -1.03. The van der Waals surface area contributed by atoms with Gasteiger partial charge in [-0.2, -0.15) is 0 Å². The highest BCUT2D eigenvalue weighted by Crippen LogP contribution is 2.28. The third kappa shape index (κ3) is 5.08. The number of oxime groups is 1. The maximum Gasteiger partial charge on any atom is 0.374 e. The number of halogens is 2. The van der Waals surface area contributed by atoms with Crippen LogP contribution in [0, 0.1) is 10.1 Å². The Morgan fingerprint density at radius 2 is 2.00 bits per heavy atom. The maximum atomic E-state index is 11.9. The van der Waals surface area contributed by atoms with Gasteiger partial charge in [-0.15, -0.1) is 0 Å². The van der Waals surface area contributed by atoms with Crippen molar-refractivity contribution in [3.63, 3.8) is 0 Å². The average Bonchev–Trinajstić information content (AvgIpc) is 2.61. The summed E-state index contributed by atoms with van der Waals surface area (Å²) in [5.41, 5.74) is 5.75. The molecular formula is C16H13Cl2N3O5. The fourth-order valence-electron chi connectivity index (χ4n) is 1.81. The van der Waals surface area contributed by atoms with E-state index in [4.69, 9.17) is 38.5 Å². The third-order valence-electron chi connectivity index (χ3n) is 3.12. The zero-order valence-corrected chi connectivity index (χ0v) is 14.9.